The second kappa shape index (κ2) is 6.90. The number of pyridine rings is 1. The predicted molar refractivity (Wildman–Crippen MR) is 68.5 cm³/mol. The van der Waals surface area contributed by atoms with Crippen LogP contribution in [0.5, 0.6) is 0 Å². The Bertz CT molecular complexity index is 411. The second-order valence-electron chi connectivity index (χ2n) is 4.03. The van der Waals surface area contributed by atoms with Gasteiger partial charge >= 0.3 is 0 Å². The minimum Gasteiger partial charge on any atom is -0.349 e. The summed E-state index contributed by atoms with van der Waals surface area (Å²) in [7, 11) is 0. The van der Waals surface area contributed by atoms with E-state index in [2.05, 4.69) is 15.7 Å². The summed E-state index contributed by atoms with van der Waals surface area (Å²) in [6.45, 7) is 4.02. The lowest BCUT2D eigenvalue weighted by Gasteiger charge is -2.16. The van der Waals surface area contributed by atoms with Crippen LogP contribution in [0.4, 0.5) is 10.2 Å². The average molecular weight is 254 g/mol. The Morgan fingerprint density at radius 2 is 2.28 bits per heavy atom. The lowest BCUT2D eigenvalue weighted by Crippen LogP contribution is -2.35. The summed E-state index contributed by atoms with van der Waals surface area (Å²) >= 11 is 0. The molecule has 6 heteroatoms. The number of nitrogen functional groups attached to an aromatic ring is 1. The quantitative estimate of drug-likeness (QED) is 0.534. The molecule has 0 aromatic carbocycles. The number of anilines is 1. The zero-order valence-electron chi connectivity index (χ0n) is 10.7. The third-order valence-electron chi connectivity index (χ3n) is 2.74. The molecule has 0 fully saturated rings. The summed E-state index contributed by atoms with van der Waals surface area (Å²) in [4.78, 5) is 15.6. The monoisotopic (exact) mass is 254 g/mol. The normalized spacial score (nSPS) is 12.0. The first-order chi connectivity index (χ1) is 8.63. The van der Waals surface area contributed by atoms with Gasteiger partial charge < -0.3 is 10.7 Å². The molecule has 0 saturated carbocycles. The van der Waals surface area contributed by atoms with Gasteiger partial charge in [0, 0.05) is 12.2 Å². The van der Waals surface area contributed by atoms with Crippen molar-refractivity contribution < 1.29 is 9.18 Å². The van der Waals surface area contributed by atoms with Crippen molar-refractivity contribution in [2.75, 3.05) is 5.43 Å². The van der Waals surface area contributed by atoms with Crippen molar-refractivity contribution in [3.8, 4) is 0 Å². The van der Waals surface area contributed by atoms with E-state index in [0.29, 0.717) is 0 Å². The number of carbonyl (C=O) groups is 1. The van der Waals surface area contributed by atoms with E-state index in [4.69, 9.17) is 5.84 Å². The van der Waals surface area contributed by atoms with Gasteiger partial charge in [-0.1, -0.05) is 20.3 Å². The molecule has 4 N–H and O–H groups in total. The maximum atomic E-state index is 13.8. The molecule has 0 saturated heterocycles. The number of halogens is 1. The minimum atomic E-state index is -0.733. The third kappa shape index (κ3) is 3.40. The van der Waals surface area contributed by atoms with Gasteiger partial charge in [0.2, 0.25) is 0 Å². The Morgan fingerprint density at radius 3 is 2.83 bits per heavy atom. The Kier molecular flexibility index (Phi) is 5.51. The molecule has 1 aromatic heterocycles. The first-order valence-electron chi connectivity index (χ1n) is 6.05. The van der Waals surface area contributed by atoms with Crippen molar-refractivity contribution in [3.63, 3.8) is 0 Å². The van der Waals surface area contributed by atoms with Crippen LogP contribution in [0, 0.1) is 5.82 Å². The Hall–Kier alpha value is -1.69. The molecule has 0 aliphatic carbocycles. The largest absolute Gasteiger partial charge is 0.349 e. The highest BCUT2D eigenvalue weighted by molar-refractivity contribution is 5.95. The maximum Gasteiger partial charge on any atom is 0.254 e. The molecule has 0 aliphatic heterocycles. The van der Waals surface area contributed by atoms with Gasteiger partial charge in [0.15, 0.2) is 11.6 Å². The molecule has 1 rings (SSSR count). The predicted octanol–water partition coefficient (Wildman–Crippen LogP) is 1.81. The summed E-state index contributed by atoms with van der Waals surface area (Å²) < 4.78 is 13.8. The standard InChI is InChI=1S/C12H19FN4O/c1-3-5-8(4-2)16-12(18)9-6-7-15-11(17-14)10(9)13/h6-8H,3-5,14H2,1-2H3,(H,15,17)(H,16,18). The van der Waals surface area contributed by atoms with E-state index in [-0.39, 0.29) is 17.4 Å². The first kappa shape index (κ1) is 14.4. The van der Waals surface area contributed by atoms with Gasteiger partial charge in [-0.2, -0.15) is 0 Å². The number of nitrogens with two attached hydrogens (primary N) is 1. The lowest BCUT2D eigenvalue weighted by molar-refractivity contribution is 0.0929. The Balaban J connectivity index is 2.84. The summed E-state index contributed by atoms with van der Waals surface area (Å²) in [6, 6.07) is 1.40. The van der Waals surface area contributed by atoms with Crippen molar-refractivity contribution in [1.29, 1.82) is 0 Å². The number of nitrogens with one attached hydrogen (secondary N) is 2. The first-order valence-corrected chi connectivity index (χ1v) is 6.05. The van der Waals surface area contributed by atoms with Crippen molar-refractivity contribution in [2.45, 2.75) is 39.2 Å². The van der Waals surface area contributed by atoms with Crippen LogP contribution in [-0.4, -0.2) is 16.9 Å². The minimum absolute atomic E-state index is 0.0486. The summed E-state index contributed by atoms with van der Waals surface area (Å²) in [6.07, 6.45) is 3.99. The molecule has 1 unspecified atom stereocenters. The molecule has 1 heterocycles. The van der Waals surface area contributed by atoms with E-state index in [1.54, 1.807) is 0 Å². The Morgan fingerprint density at radius 1 is 1.56 bits per heavy atom. The molecule has 100 valence electrons. The number of hydrazine groups is 1. The van der Waals surface area contributed by atoms with E-state index in [0.717, 1.165) is 19.3 Å². The number of hydrogen-bond acceptors (Lipinski definition) is 4. The fourth-order valence-corrected chi connectivity index (χ4v) is 1.71. The van der Waals surface area contributed by atoms with Gasteiger partial charge in [-0.25, -0.2) is 15.2 Å². The van der Waals surface area contributed by atoms with Gasteiger partial charge in [0.05, 0.1) is 5.56 Å². The smallest absolute Gasteiger partial charge is 0.254 e. The van der Waals surface area contributed by atoms with Crippen LogP contribution in [0.25, 0.3) is 0 Å². The Labute approximate surface area is 106 Å². The number of nitrogens with zero attached hydrogens (tertiary/aromatic N) is 1. The fourth-order valence-electron chi connectivity index (χ4n) is 1.71. The van der Waals surface area contributed by atoms with E-state index in [9.17, 15) is 9.18 Å². The van der Waals surface area contributed by atoms with Crippen LogP contribution < -0.4 is 16.6 Å². The molecule has 1 aromatic rings. The van der Waals surface area contributed by atoms with Gasteiger partial charge in [0.25, 0.3) is 5.91 Å². The number of hydrogen-bond donors (Lipinski definition) is 3. The second-order valence-corrected chi connectivity index (χ2v) is 4.03. The number of carbonyl (C=O) groups excluding carboxylic acids is 1. The molecular formula is C12H19FN4O. The van der Waals surface area contributed by atoms with E-state index in [1.165, 1.54) is 12.3 Å². The molecule has 18 heavy (non-hydrogen) atoms. The molecule has 0 radical (unpaired) electrons. The fraction of sp³-hybridized carbons (Fsp3) is 0.500. The number of amides is 1. The summed E-state index contributed by atoms with van der Waals surface area (Å²) in [5.74, 6) is 3.81. The van der Waals surface area contributed by atoms with Crippen LogP contribution in [0.15, 0.2) is 12.3 Å². The van der Waals surface area contributed by atoms with Crippen LogP contribution in [-0.2, 0) is 0 Å². The zero-order valence-corrected chi connectivity index (χ0v) is 10.7. The number of aromatic nitrogens is 1. The maximum absolute atomic E-state index is 13.8. The molecule has 0 bridgehead atoms. The molecule has 1 atom stereocenters. The van der Waals surface area contributed by atoms with Crippen molar-refractivity contribution in [3.05, 3.63) is 23.6 Å². The van der Waals surface area contributed by atoms with E-state index >= 15 is 0 Å². The van der Waals surface area contributed by atoms with Crippen molar-refractivity contribution >= 4 is 11.7 Å². The van der Waals surface area contributed by atoms with E-state index < -0.39 is 11.7 Å². The van der Waals surface area contributed by atoms with Gasteiger partial charge in [-0.05, 0) is 18.9 Å². The molecule has 1 amide bonds. The van der Waals surface area contributed by atoms with Crippen LogP contribution in [0.3, 0.4) is 0 Å². The van der Waals surface area contributed by atoms with Crippen molar-refractivity contribution in [1.82, 2.24) is 10.3 Å². The summed E-state index contributed by atoms with van der Waals surface area (Å²) in [5.41, 5.74) is 2.07. The lowest BCUT2D eigenvalue weighted by atomic mass is 10.1. The van der Waals surface area contributed by atoms with Crippen LogP contribution in [0.1, 0.15) is 43.5 Å². The highest BCUT2D eigenvalue weighted by Crippen LogP contribution is 2.14. The number of rotatable bonds is 6. The van der Waals surface area contributed by atoms with Crippen LogP contribution in [0.2, 0.25) is 0 Å². The van der Waals surface area contributed by atoms with Crippen LogP contribution >= 0.6 is 0 Å². The molecular weight excluding hydrogens is 235 g/mol. The molecule has 0 spiro atoms. The highest BCUT2D eigenvalue weighted by atomic mass is 19.1. The molecule has 0 aliphatic rings. The van der Waals surface area contributed by atoms with Gasteiger partial charge in [0.1, 0.15) is 0 Å². The van der Waals surface area contributed by atoms with Gasteiger partial charge in [-0.3, -0.25) is 4.79 Å². The van der Waals surface area contributed by atoms with Gasteiger partial charge in [-0.15, -0.1) is 0 Å². The topological polar surface area (TPSA) is 80.0 Å². The third-order valence-corrected chi connectivity index (χ3v) is 2.74. The highest BCUT2D eigenvalue weighted by Gasteiger charge is 2.17. The van der Waals surface area contributed by atoms with Crippen molar-refractivity contribution in [2.24, 2.45) is 5.84 Å². The van der Waals surface area contributed by atoms with E-state index in [1.807, 2.05) is 13.8 Å². The zero-order chi connectivity index (χ0) is 13.5. The SMILES string of the molecule is CCCC(CC)NC(=O)c1ccnc(NN)c1F. The molecule has 5 nitrogen and oxygen atoms in total. The summed E-state index contributed by atoms with van der Waals surface area (Å²) in [5, 5.41) is 2.80. The average Bonchev–Trinajstić information content (AvgIpc) is 2.38.